The van der Waals surface area contributed by atoms with Gasteiger partial charge >= 0.3 is 0 Å². The minimum atomic E-state index is -0.128. The van der Waals surface area contributed by atoms with Crippen LogP contribution >= 0.6 is 23.1 Å². The topological polar surface area (TPSA) is 64.0 Å². The van der Waals surface area contributed by atoms with Gasteiger partial charge in [-0.15, -0.1) is 11.3 Å². The van der Waals surface area contributed by atoms with Crippen molar-refractivity contribution >= 4 is 44.9 Å². The summed E-state index contributed by atoms with van der Waals surface area (Å²) < 4.78 is 1.67. The van der Waals surface area contributed by atoms with E-state index in [0.29, 0.717) is 5.16 Å². The Morgan fingerprint density at radius 2 is 1.72 bits per heavy atom. The van der Waals surface area contributed by atoms with Crippen LogP contribution in [-0.4, -0.2) is 21.2 Å². The zero-order chi connectivity index (χ0) is 21.9. The van der Waals surface area contributed by atoms with E-state index in [1.807, 2.05) is 60.7 Å². The smallest absolute Gasteiger partial charge is 0.267 e. The maximum absolute atomic E-state index is 13.7. The molecule has 0 spiro atoms. The first-order valence-electron chi connectivity index (χ1n) is 10.8. The third-order valence-corrected chi connectivity index (χ3v) is 7.74. The van der Waals surface area contributed by atoms with E-state index < -0.39 is 0 Å². The fourth-order valence-corrected chi connectivity index (χ4v) is 6.23. The van der Waals surface area contributed by atoms with Gasteiger partial charge in [-0.05, 0) is 55.5 Å². The number of carbonyl (C=O) groups excluding carboxylic acids is 1. The van der Waals surface area contributed by atoms with E-state index in [1.54, 1.807) is 15.9 Å². The van der Waals surface area contributed by atoms with Crippen LogP contribution in [0, 0.1) is 0 Å². The van der Waals surface area contributed by atoms with E-state index >= 15 is 0 Å². The normalized spacial score (nSPS) is 13.5. The lowest BCUT2D eigenvalue weighted by Gasteiger charge is -2.12. The fourth-order valence-electron chi connectivity index (χ4n) is 4.11. The van der Waals surface area contributed by atoms with Gasteiger partial charge < -0.3 is 5.32 Å². The van der Waals surface area contributed by atoms with Gasteiger partial charge in [-0.25, -0.2) is 4.98 Å². The van der Waals surface area contributed by atoms with Crippen LogP contribution in [0.4, 0.5) is 5.69 Å². The van der Waals surface area contributed by atoms with Crippen LogP contribution in [0.5, 0.6) is 0 Å². The highest BCUT2D eigenvalue weighted by Crippen LogP contribution is 2.34. The average molecular weight is 462 g/mol. The number of thioether (sulfide) groups is 1. The fraction of sp³-hybridized carbons (Fsp3) is 0.240. The Labute approximate surface area is 194 Å². The summed E-state index contributed by atoms with van der Waals surface area (Å²) in [5.74, 6) is 0.0437. The van der Waals surface area contributed by atoms with Crippen molar-refractivity contribution in [2.24, 2.45) is 0 Å². The van der Waals surface area contributed by atoms with Crippen LogP contribution in [-0.2, 0) is 17.6 Å². The molecule has 0 saturated carbocycles. The third kappa shape index (κ3) is 4.23. The van der Waals surface area contributed by atoms with Gasteiger partial charge in [-0.3, -0.25) is 14.2 Å². The maximum Gasteiger partial charge on any atom is 0.267 e. The number of aromatic nitrogens is 2. The highest BCUT2D eigenvalue weighted by atomic mass is 32.2. The number of nitrogens with one attached hydrogen (secondary N) is 1. The monoisotopic (exact) mass is 461 g/mol. The van der Waals surface area contributed by atoms with E-state index in [9.17, 15) is 9.59 Å². The average Bonchev–Trinajstić information content (AvgIpc) is 3.00. The highest BCUT2D eigenvalue weighted by Gasteiger charge is 2.22. The molecule has 0 bridgehead atoms. The summed E-state index contributed by atoms with van der Waals surface area (Å²) in [5.41, 5.74) is 2.67. The Balaban J connectivity index is 1.54. The van der Waals surface area contributed by atoms with Gasteiger partial charge in [-0.1, -0.05) is 54.6 Å². The minimum Gasteiger partial charge on any atom is -0.325 e. The first-order valence-corrected chi connectivity index (χ1v) is 12.6. The molecule has 32 heavy (non-hydrogen) atoms. The van der Waals surface area contributed by atoms with Gasteiger partial charge in [0.25, 0.3) is 5.56 Å². The molecule has 1 aliphatic carbocycles. The lowest BCUT2D eigenvalue weighted by Crippen LogP contribution is -2.23. The van der Waals surface area contributed by atoms with E-state index in [-0.39, 0.29) is 17.2 Å². The molecule has 5 rings (SSSR count). The van der Waals surface area contributed by atoms with Gasteiger partial charge in [0, 0.05) is 10.6 Å². The van der Waals surface area contributed by atoms with Crippen LogP contribution in [0.1, 0.15) is 29.7 Å². The number of hydrogen-bond donors (Lipinski definition) is 1. The van der Waals surface area contributed by atoms with Gasteiger partial charge in [0.2, 0.25) is 5.91 Å². The molecule has 0 unspecified atom stereocenters. The molecule has 1 aliphatic rings. The second-order valence-electron chi connectivity index (χ2n) is 7.82. The SMILES string of the molecule is O=C(CSc1nc2sc3c(c2c(=O)n1-c1ccccc1)CCCCC3)Nc1ccccc1. The number of thiophene rings is 1. The zero-order valence-corrected chi connectivity index (χ0v) is 19.2. The van der Waals surface area contributed by atoms with Crippen LogP contribution < -0.4 is 10.9 Å². The van der Waals surface area contributed by atoms with E-state index in [4.69, 9.17) is 4.98 Å². The number of anilines is 1. The summed E-state index contributed by atoms with van der Waals surface area (Å²) in [6, 6.07) is 19.0. The van der Waals surface area contributed by atoms with Gasteiger partial charge in [-0.2, -0.15) is 0 Å². The van der Waals surface area contributed by atoms with Crippen LogP contribution in [0.25, 0.3) is 15.9 Å². The van der Waals surface area contributed by atoms with Crippen LogP contribution in [0.15, 0.2) is 70.6 Å². The summed E-state index contributed by atoms with van der Waals surface area (Å²) >= 11 is 2.94. The molecule has 2 heterocycles. The number of para-hydroxylation sites is 2. The van der Waals surface area contributed by atoms with Gasteiger partial charge in [0.1, 0.15) is 4.83 Å². The van der Waals surface area contributed by atoms with Crippen molar-refractivity contribution < 1.29 is 4.79 Å². The molecular weight excluding hydrogens is 438 g/mol. The minimum absolute atomic E-state index is 0.0356. The molecule has 162 valence electrons. The van der Waals surface area contributed by atoms with Crippen molar-refractivity contribution in [3.8, 4) is 5.69 Å². The molecule has 1 amide bonds. The molecule has 0 fully saturated rings. The maximum atomic E-state index is 13.7. The largest absolute Gasteiger partial charge is 0.325 e. The van der Waals surface area contributed by atoms with Crippen molar-refractivity contribution in [1.29, 1.82) is 0 Å². The number of rotatable bonds is 5. The molecular formula is C25H23N3O2S2. The molecule has 0 atom stereocenters. The van der Waals surface area contributed by atoms with Crippen molar-refractivity contribution in [3.05, 3.63) is 81.5 Å². The second-order valence-corrected chi connectivity index (χ2v) is 9.84. The number of aryl methyl sites for hydroxylation is 2. The Kier molecular flexibility index (Phi) is 6.10. The predicted octanol–water partition coefficient (Wildman–Crippen LogP) is 5.45. The quantitative estimate of drug-likeness (QED) is 0.244. The number of benzene rings is 2. The third-order valence-electron chi connectivity index (χ3n) is 5.61. The highest BCUT2D eigenvalue weighted by molar-refractivity contribution is 7.99. The summed E-state index contributed by atoms with van der Waals surface area (Å²) in [6.45, 7) is 0. The number of carbonyl (C=O) groups is 1. The van der Waals surface area contributed by atoms with Crippen LogP contribution in [0.3, 0.4) is 0 Å². The zero-order valence-electron chi connectivity index (χ0n) is 17.5. The van der Waals surface area contributed by atoms with Gasteiger partial charge in [0.05, 0.1) is 16.8 Å². The summed E-state index contributed by atoms with van der Waals surface area (Å²) in [6.07, 6.45) is 5.43. The number of amides is 1. The summed E-state index contributed by atoms with van der Waals surface area (Å²) in [5, 5.41) is 4.21. The molecule has 2 aromatic heterocycles. The Hall–Kier alpha value is -2.90. The molecule has 4 aromatic rings. The lowest BCUT2D eigenvalue weighted by molar-refractivity contribution is -0.113. The van der Waals surface area contributed by atoms with Gasteiger partial charge in [0.15, 0.2) is 5.16 Å². The number of fused-ring (bicyclic) bond motifs is 3. The van der Waals surface area contributed by atoms with Crippen molar-refractivity contribution in [2.45, 2.75) is 37.3 Å². The van der Waals surface area contributed by atoms with E-state index in [0.717, 1.165) is 47.3 Å². The second kappa shape index (κ2) is 9.30. The van der Waals surface area contributed by atoms with Crippen molar-refractivity contribution in [3.63, 3.8) is 0 Å². The van der Waals surface area contributed by atoms with Crippen molar-refractivity contribution in [1.82, 2.24) is 9.55 Å². The van der Waals surface area contributed by atoms with Crippen molar-refractivity contribution in [2.75, 3.05) is 11.1 Å². The van der Waals surface area contributed by atoms with E-state index in [1.165, 1.54) is 28.6 Å². The molecule has 0 saturated heterocycles. The first kappa shape index (κ1) is 21.0. The molecule has 2 aromatic carbocycles. The summed E-state index contributed by atoms with van der Waals surface area (Å²) in [4.78, 5) is 33.3. The Morgan fingerprint density at radius 1 is 1.00 bits per heavy atom. The predicted molar refractivity (Wildman–Crippen MR) is 132 cm³/mol. The number of nitrogens with zero attached hydrogens (tertiary/aromatic N) is 2. The molecule has 0 aliphatic heterocycles. The first-order chi connectivity index (χ1) is 15.7. The number of hydrogen-bond acceptors (Lipinski definition) is 5. The van der Waals surface area contributed by atoms with E-state index in [2.05, 4.69) is 5.32 Å². The van der Waals surface area contributed by atoms with Crippen LogP contribution in [0.2, 0.25) is 0 Å². The molecule has 1 N–H and O–H groups in total. The lowest BCUT2D eigenvalue weighted by atomic mass is 10.1. The Morgan fingerprint density at radius 3 is 2.50 bits per heavy atom. The molecule has 0 radical (unpaired) electrons. The summed E-state index contributed by atoms with van der Waals surface area (Å²) in [7, 11) is 0. The molecule has 7 heteroatoms. The standard InChI is InChI=1S/C25H23N3O2S2/c29-21(26-17-10-4-1-5-11-17)16-31-25-27-23-22(19-14-8-3-9-15-20(19)32-23)24(30)28(25)18-12-6-2-7-13-18/h1-2,4-7,10-13H,3,8-9,14-16H2,(H,26,29). The molecule has 5 nitrogen and oxygen atoms in total. The Bertz CT molecular complexity index is 1310.